The zero-order valence-corrected chi connectivity index (χ0v) is 20.9. The van der Waals surface area contributed by atoms with E-state index in [1.807, 2.05) is 0 Å². The molecule has 0 fully saturated rings. The van der Waals surface area contributed by atoms with Crippen molar-refractivity contribution in [3.63, 3.8) is 0 Å². The molecule has 0 aromatic heterocycles. The van der Waals surface area contributed by atoms with E-state index in [0.717, 1.165) is 12.1 Å². The molecule has 4 N–H and O–H groups in total. The van der Waals surface area contributed by atoms with Gasteiger partial charge in [-0.25, -0.2) is 0 Å². The summed E-state index contributed by atoms with van der Waals surface area (Å²) in [4.78, 5) is 54.6. The highest BCUT2D eigenvalue weighted by molar-refractivity contribution is 6.34. The monoisotopic (exact) mass is 492 g/mol. The van der Waals surface area contributed by atoms with Crippen molar-refractivity contribution >= 4 is 23.1 Å². The number of fused-ring (bicyclic) bond motifs is 2. The van der Waals surface area contributed by atoms with Gasteiger partial charge < -0.3 is 20.4 Å². The first-order valence-electron chi connectivity index (χ1n) is 11.7. The minimum atomic E-state index is -1.16. The number of carbonyl (C=O) groups is 4. The molecule has 0 saturated carbocycles. The number of rotatable bonds is 3. The Hall–Kier alpha value is -3.94. The molecule has 188 valence electrons. The summed E-state index contributed by atoms with van der Waals surface area (Å²) in [6, 6.07) is 1.00. The third-order valence-corrected chi connectivity index (χ3v) is 7.31. The molecule has 3 aliphatic carbocycles. The lowest BCUT2D eigenvalue weighted by Gasteiger charge is -2.37. The number of phenolic OH excluding ortho intramolecular Hbond substituents is 2. The van der Waals surface area contributed by atoms with Gasteiger partial charge in [-0.15, -0.1) is 0 Å². The standard InChI is InChI=1S/C28H28O8/c1-9(2)17-21-13(7-15(29)27(17)35)25(33)19(11(5)23(21)31)20-12(6)24(32)22-14(26(20)34)8-16(30)28(36)18(22)10(3)4/h7-10,13,21,29-30,35-36H,1-6H3. The summed E-state index contributed by atoms with van der Waals surface area (Å²) >= 11 is 0. The lowest BCUT2D eigenvalue weighted by atomic mass is 9.64. The van der Waals surface area contributed by atoms with Crippen LogP contribution >= 0.6 is 0 Å². The van der Waals surface area contributed by atoms with Gasteiger partial charge in [-0.3, -0.25) is 19.2 Å². The molecule has 2 atom stereocenters. The Morgan fingerprint density at radius 2 is 1.39 bits per heavy atom. The zero-order valence-electron chi connectivity index (χ0n) is 20.9. The average molecular weight is 493 g/mol. The topological polar surface area (TPSA) is 149 Å². The summed E-state index contributed by atoms with van der Waals surface area (Å²) < 4.78 is 0. The van der Waals surface area contributed by atoms with Crippen LogP contribution in [0.3, 0.4) is 0 Å². The van der Waals surface area contributed by atoms with Crippen molar-refractivity contribution in [2.24, 2.45) is 17.8 Å². The van der Waals surface area contributed by atoms with Crippen LogP contribution in [0.15, 0.2) is 51.5 Å². The summed E-state index contributed by atoms with van der Waals surface area (Å²) in [5.74, 6) is -7.40. The highest BCUT2D eigenvalue weighted by Gasteiger charge is 2.49. The van der Waals surface area contributed by atoms with Crippen LogP contribution in [0.4, 0.5) is 0 Å². The number of benzene rings is 1. The maximum Gasteiger partial charge on any atom is 0.195 e. The Bertz CT molecular complexity index is 1410. The molecule has 1 aromatic rings. The quantitative estimate of drug-likeness (QED) is 0.449. The SMILES string of the molecule is CC1=C(C2=C(C)C(=O)C3C(C(C)C)=C(O)C(O)=CC3C2=O)C(=O)c2cc(O)c(O)c(C(C)C)c2C1=O. The third-order valence-electron chi connectivity index (χ3n) is 7.31. The molecule has 0 amide bonds. The fourth-order valence-corrected chi connectivity index (χ4v) is 5.59. The molecule has 4 rings (SSSR count). The molecule has 0 heterocycles. The van der Waals surface area contributed by atoms with Crippen molar-refractivity contribution < 1.29 is 39.6 Å². The maximum atomic E-state index is 13.8. The third kappa shape index (κ3) is 3.27. The lowest BCUT2D eigenvalue weighted by Crippen LogP contribution is -2.42. The molecule has 0 aliphatic heterocycles. The lowest BCUT2D eigenvalue weighted by molar-refractivity contribution is -0.128. The number of hydrogen-bond donors (Lipinski definition) is 4. The fourth-order valence-electron chi connectivity index (χ4n) is 5.59. The smallest absolute Gasteiger partial charge is 0.195 e. The van der Waals surface area contributed by atoms with Gasteiger partial charge in [0.15, 0.2) is 46.2 Å². The molecule has 0 bridgehead atoms. The number of ketones is 4. The van der Waals surface area contributed by atoms with Gasteiger partial charge in [0.05, 0.1) is 11.8 Å². The fraction of sp³-hybridized carbons (Fsp3) is 0.357. The second-order valence-corrected chi connectivity index (χ2v) is 10.1. The van der Waals surface area contributed by atoms with Gasteiger partial charge in [-0.2, -0.15) is 0 Å². The average Bonchev–Trinajstić information content (AvgIpc) is 2.80. The number of Topliss-reactive ketones (excluding diaryl/α,β-unsaturated/α-hetero) is 4. The molecular weight excluding hydrogens is 464 g/mol. The zero-order chi connectivity index (χ0) is 27.0. The predicted octanol–water partition coefficient (Wildman–Crippen LogP) is 4.54. The number of phenols is 2. The maximum absolute atomic E-state index is 13.8. The van der Waals surface area contributed by atoms with Crippen LogP contribution in [0.1, 0.15) is 73.7 Å². The molecule has 0 spiro atoms. The van der Waals surface area contributed by atoms with E-state index < -0.39 is 63.9 Å². The van der Waals surface area contributed by atoms with Gasteiger partial charge in [0.25, 0.3) is 0 Å². The first-order chi connectivity index (χ1) is 16.7. The molecule has 1 aromatic carbocycles. The Morgan fingerprint density at radius 3 is 1.94 bits per heavy atom. The van der Waals surface area contributed by atoms with Crippen LogP contribution in [0, 0.1) is 17.8 Å². The number of aliphatic hydroxyl groups is 2. The van der Waals surface area contributed by atoms with E-state index in [-0.39, 0.29) is 50.5 Å². The summed E-state index contributed by atoms with van der Waals surface area (Å²) in [5.41, 5.74) is -0.365. The van der Waals surface area contributed by atoms with Crippen LogP contribution < -0.4 is 0 Å². The second-order valence-electron chi connectivity index (χ2n) is 10.1. The molecule has 3 aliphatic rings. The van der Waals surface area contributed by atoms with Crippen LogP contribution in [-0.4, -0.2) is 43.6 Å². The molecule has 2 unspecified atom stereocenters. The van der Waals surface area contributed by atoms with Crippen molar-refractivity contribution in [1.29, 1.82) is 0 Å². The Kier molecular flexibility index (Phi) is 5.82. The minimum absolute atomic E-state index is 0.0203. The summed E-state index contributed by atoms with van der Waals surface area (Å²) in [7, 11) is 0. The van der Waals surface area contributed by atoms with Gasteiger partial charge in [0, 0.05) is 39.0 Å². The summed E-state index contributed by atoms with van der Waals surface area (Å²) in [6.07, 6.45) is 1.11. The van der Waals surface area contributed by atoms with Crippen molar-refractivity contribution in [1.82, 2.24) is 0 Å². The van der Waals surface area contributed by atoms with Gasteiger partial charge in [0.2, 0.25) is 0 Å². The van der Waals surface area contributed by atoms with Gasteiger partial charge in [0.1, 0.15) is 0 Å². The van der Waals surface area contributed by atoms with Gasteiger partial charge >= 0.3 is 0 Å². The van der Waals surface area contributed by atoms with Crippen molar-refractivity contribution in [3.8, 4) is 11.5 Å². The van der Waals surface area contributed by atoms with Crippen LogP contribution in [0.5, 0.6) is 11.5 Å². The highest BCUT2D eigenvalue weighted by Crippen LogP contribution is 2.47. The van der Waals surface area contributed by atoms with Crippen molar-refractivity contribution in [2.45, 2.75) is 47.5 Å². The first-order valence-corrected chi connectivity index (χ1v) is 11.7. The number of carbonyl (C=O) groups excluding carboxylic acids is 4. The first kappa shape index (κ1) is 25.2. The molecule has 0 radical (unpaired) electrons. The molecule has 36 heavy (non-hydrogen) atoms. The van der Waals surface area contributed by atoms with Gasteiger partial charge in [-0.1, -0.05) is 27.7 Å². The molecular formula is C28H28O8. The van der Waals surface area contributed by atoms with E-state index >= 15 is 0 Å². The normalized spacial score (nSPS) is 22.6. The Morgan fingerprint density at radius 1 is 0.778 bits per heavy atom. The molecule has 8 nitrogen and oxygen atoms in total. The number of aliphatic hydroxyl groups excluding tert-OH is 2. The number of allylic oxidation sites excluding steroid dienone is 6. The summed E-state index contributed by atoms with van der Waals surface area (Å²) in [5, 5.41) is 41.4. The molecule has 8 heteroatoms. The van der Waals surface area contributed by atoms with Crippen LogP contribution in [-0.2, 0) is 9.59 Å². The van der Waals surface area contributed by atoms with Crippen molar-refractivity contribution in [2.75, 3.05) is 0 Å². The van der Waals surface area contributed by atoms with E-state index in [0.29, 0.717) is 0 Å². The largest absolute Gasteiger partial charge is 0.504 e. The van der Waals surface area contributed by atoms with E-state index in [2.05, 4.69) is 0 Å². The minimum Gasteiger partial charge on any atom is -0.504 e. The number of aromatic hydroxyl groups is 2. The Balaban J connectivity index is 1.97. The van der Waals surface area contributed by atoms with Gasteiger partial charge in [-0.05, 0) is 43.4 Å². The second kappa shape index (κ2) is 8.33. The van der Waals surface area contributed by atoms with Crippen molar-refractivity contribution in [3.05, 3.63) is 68.2 Å². The van der Waals surface area contributed by atoms with E-state index in [4.69, 9.17) is 0 Å². The molecule has 0 saturated heterocycles. The highest BCUT2D eigenvalue weighted by atomic mass is 16.3. The summed E-state index contributed by atoms with van der Waals surface area (Å²) in [6.45, 7) is 9.66. The predicted molar refractivity (Wildman–Crippen MR) is 130 cm³/mol. The van der Waals surface area contributed by atoms with E-state index in [9.17, 15) is 39.6 Å². The van der Waals surface area contributed by atoms with E-state index in [1.54, 1.807) is 27.7 Å². The number of hydrogen-bond acceptors (Lipinski definition) is 8. The van der Waals surface area contributed by atoms with E-state index in [1.165, 1.54) is 13.8 Å². The van der Waals surface area contributed by atoms with Crippen LogP contribution in [0.2, 0.25) is 0 Å². The van der Waals surface area contributed by atoms with Crippen LogP contribution in [0.25, 0.3) is 0 Å². The Labute approximate surface area is 208 Å².